The van der Waals surface area contributed by atoms with Crippen molar-refractivity contribution < 1.29 is 13.9 Å². The van der Waals surface area contributed by atoms with E-state index < -0.39 is 0 Å². The molecular weight excluding hydrogens is 260 g/mol. The number of ether oxygens (including phenoxy) is 1. The van der Waals surface area contributed by atoms with Crippen LogP contribution in [0.1, 0.15) is 11.1 Å². The summed E-state index contributed by atoms with van der Waals surface area (Å²) in [6.45, 7) is 3.73. The number of allylic oxidation sites excluding steroid dienone is 1. The lowest BCUT2D eigenvalue weighted by molar-refractivity contribution is -0.139. The Morgan fingerprint density at radius 3 is 2.95 bits per heavy atom. The monoisotopic (exact) mass is 274 g/mol. The van der Waals surface area contributed by atoms with E-state index in [1.165, 1.54) is 7.11 Å². The molecule has 0 aliphatic rings. The third-order valence-corrected chi connectivity index (χ3v) is 3.07. The number of para-hydroxylation sites is 1. The van der Waals surface area contributed by atoms with Gasteiger partial charge in [0, 0.05) is 5.39 Å². The van der Waals surface area contributed by atoms with Crippen LogP contribution in [-0.2, 0) is 22.4 Å². The summed E-state index contributed by atoms with van der Waals surface area (Å²) in [6, 6.07) is 7.51. The number of esters is 1. The second-order valence-electron chi connectivity index (χ2n) is 4.13. The van der Waals surface area contributed by atoms with Crippen LogP contribution in [0.25, 0.3) is 11.0 Å². The number of rotatable bonds is 4. The van der Waals surface area contributed by atoms with Crippen molar-refractivity contribution in [1.29, 1.82) is 0 Å². The number of carbonyl (C=O) groups excluding carboxylic acids is 1. The van der Waals surface area contributed by atoms with Crippen LogP contribution in [-0.4, -0.2) is 13.1 Å². The Morgan fingerprint density at radius 1 is 1.47 bits per heavy atom. The van der Waals surface area contributed by atoms with Gasteiger partial charge in [-0.2, -0.15) is 0 Å². The molecular formula is C15H14O3S. The average molecular weight is 274 g/mol. The summed E-state index contributed by atoms with van der Waals surface area (Å²) >= 11 is 5.12. The zero-order chi connectivity index (χ0) is 13.8. The number of hydrogen-bond donors (Lipinski definition) is 0. The van der Waals surface area contributed by atoms with E-state index >= 15 is 0 Å². The van der Waals surface area contributed by atoms with Gasteiger partial charge in [0.25, 0.3) is 0 Å². The summed E-state index contributed by atoms with van der Waals surface area (Å²) in [5, 5.41) is 0.887. The van der Waals surface area contributed by atoms with E-state index in [-0.39, 0.29) is 12.4 Å². The molecule has 0 radical (unpaired) electrons. The Balaban J connectivity index is 2.64. The summed E-state index contributed by atoms with van der Waals surface area (Å²) < 4.78 is 10.7. The lowest BCUT2D eigenvalue weighted by Gasteiger charge is -2.08. The average Bonchev–Trinajstić information content (AvgIpc) is 2.39. The molecule has 0 unspecified atom stereocenters. The molecule has 0 spiro atoms. The number of methoxy groups -OCH3 is 1. The number of benzene rings is 1. The molecule has 2 aromatic rings. The van der Waals surface area contributed by atoms with E-state index in [9.17, 15) is 4.79 Å². The minimum absolute atomic E-state index is 0.185. The predicted molar refractivity (Wildman–Crippen MR) is 76.7 cm³/mol. The van der Waals surface area contributed by atoms with Crippen LogP contribution >= 0.6 is 12.2 Å². The zero-order valence-corrected chi connectivity index (χ0v) is 11.5. The van der Waals surface area contributed by atoms with Crippen LogP contribution in [0.15, 0.2) is 41.3 Å². The Kier molecular flexibility index (Phi) is 4.12. The summed E-state index contributed by atoms with van der Waals surface area (Å²) in [6.07, 6.45) is 2.68. The maximum absolute atomic E-state index is 11.4. The number of fused-ring (bicyclic) bond motifs is 1. The minimum Gasteiger partial charge on any atom is -0.469 e. The van der Waals surface area contributed by atoms with Crippen molar-refractivity contribution in [2.24, 2.45) is 0 Å². The van der Waals surface area contributed by atoms with Gasteiger partial charge in [-0.05, 0) is 35.8 Å². The van der Waals surface area contributed by atoms with Crippen LogP contribution in [0, 0.1) is 4.71 Å². The van der Waals surface area contributed by atoms with Crippen molar-refractivity contribution in [1.82, 2.24) is 0 Å². The molecule has 0 aliphatic carbocycles. The first kappa shape index (κ1) is 13.5. The molecule has 19 heavy (non-hydrogen) atoms. The Morgan fingerprint density at radius 2 is 2.26 bits per heavy atom. The fourth-order valence-corrected chi connectivity index (χ4v) is 2.22. The molecule has 2 rings (SSSR count). The maximum Gasteiger partial charge on any atom is 0.310 e. The first-order valence-electron chi connectivity index (χ1n) is 5.88. The Labute approximate surface area is 116 Å². The second-order valence-corrected chi connectivity index (χ2v) is 4.53. The van der Waals surface area contributed by atoms with E-state index in [2.05, 4.69) is 6.58 Å². The van der Waals surface area contributed by atoms with Crippen LogP contribution in [0.4, 0.5) is 0 Å². The van der Waals surface area contributed by atoms with Crippen LogP contribution in [0.3, 0.4) is 0 Å². The van der Waals surface area contributed by atoms with Crippen molar-refractivity contribution in [3.05, 3.63) is 52.8 Å². The van der Waals surface area contributed by atoms with Crippen LogP contribution in [0.5, 0.6) is 0 Å². The van der Waals surface area contributed by atoms with Gasteiger partial charge in [0.1, 0.15) is 5.58 Å². The van der Waals surface area contributed by atoms with Crippen molar-refractivity contribution in [3.8, 4) is 0 Å². The van der Waals surface area contributed by atoms with Crippen molar-refractivity contribution >= 4 is 29.2 Å². The fraction of sp³-hybridized carbons (Fsp3) is 0.200. The van der Waals surface area contributed by atoms with Gasteiger partial charge in [0.05, 0.1) is 13.5 Å². The molecule has 4 heteroatoms. The Hall–Kier alpha value is -1.94. The standard InChI is InChI=1S/C15H14O3S/c1-3-5-10-6-4-7-12-11(8-13(16)17-2)9-14(19)18-15(10)12/h3-4,6-7,9H,1,5,8H2,2H3. The molecule has 1 heterocycles. The lowest BCUT2D eigenvalue weighted by atomic mass is 10.0. The minimum atomic E-state index is -0.295. The highest BCUT2D eigenvalue weighted by Crippen LogP contribution is 2.24. The van der Waals surface area contributed by atoms with Gasteiger partial charge in [-0.1, -0.05) is 24.3 Å². The molecule has 0 aliphatic heterocycles. The first-order chi connectivity index (χ1) is 9.15. The molecule has 1 aromatic heterocycles. The molecule has 0 amide bonds. The van der Waals surface area contributed by atoms with Crippen molar-refractivity contribution in [3.63, 3.8) is 0 Å². The SMILES string of the molecule is C=CCc1cccc2c(CC(=O)OC)cc(=S)oc12. The van der Waals surface area contributed by atoms with Crippen LogP contribution in [0.2, 0.25) is 0 Å². The van der Waals surface area contributed by atoms with Gasteiger partial charge in [0.15, 0.2) is 4.71 Å². The summed E-state index contributed by atoms with van der Waals surface area (Å²) in [5.74, 6) is -0.295. The predicted octanol–water partition coefficient (Wildman–Crippen LogP) is 3.61. The largest absolute Gasteiger partial charge is 0.469 e. The van der Waals surface area contributed by atoms with Crippen molar-refractivity contribution in [2.75, 3.05) is 7.11 Å². The topological polar surface area (TPSA) is 39.4 Å². The molecule has 0 fully saturated rings. The first-order valence-corrected chi connectivity index (χ1v) is 6.29. The van der Waals surface area contributed by atoms with E-state index in [0.29, 0.717) is 16.7 Å². The number of carbonyl (C=O) groups is 1. The van der Waals surface area contributed by atoms with Crippen molar-refractivity contribution in [2.45, 2.75) is 12.8 Å². The van der Waals surface area contributed by atoms with E-state index in [1.54, 1.807) is 12.1 Å². The quantitative estimate of drug-likeness (QED) is 0.485. The van der Waals surface area contributed by atoms with Gasteiger partial charge in [-0.25, -0.2) is 0 Å². The highest BCUT2D eigenvalue weighted by Gasteiger charge is 2.11. The molecule has 0 saturated carbocycles. The summed E-state index contributed by atoms with van der Waals surface area (Å²) in [5.41, 5.74) is 2.54. The van der Waals surface area contributed by atoms with Gasteiger partial charge < -0.3 is 9.15 Å². The third-order valence-electron chi connectivity index (χ3n) is 2.86. The maximum atomic E-state index is 11.4. The molecule has 1 aromatic carbocycles. The third kappa shape index (κ3) is 2.90. The summed E-state index contributed by atoms with van der Waals surface area (Å²) in [7, 11) is 1.37. The molecule has 98 valence electrons. The van der Waals surface area contributed by atoms with E-state index in [4.69, 9.17) is 21.4 Å². The summed E-state index contributed by atoms with van der Waals surface area (Å²) in [4.78, 5) is 11.4. The molecule has 0 saturated heterocycles. The van der Waals surface area contributed by atoms with E-state index in [0.717, 1.165) is 16.5 Å². The van der Waals surface area contributed by atoms with E-state index in [1.807, 2.05) is 18.2 Å². The zero-order valence-electron chi connectivity index (χ0n) is 10.6. The highest BCUT2D eigenvalue weighted by atomic mass is 32.1. The molecule has 0 bridgehead atoms. The smallest absolute Gasteiger partial charge is 0.310 e. The highest BCUT2D eigenvalue weighted by molar-refractivity contribution is 7.71. The van der Waals surface area contributed by atoms with Gasteiger partial charge in [0.2, 0.25) is 0 Å². The lowest BCUT2D eigenvalue weighted by Crippen LogP contribution is -2.05. The van der Waals surface area contributed by atoms with Gasteiger partial charge in [-0.3, -0.25) is 4.79 Å². The Bertz CT molecular complexity index is 685. The van der Waals surface area contributed by atoms with Gasteiger partial charge >= 0.3 is 5.97 Å². The van der Waals surface area contributed by atoms with Gasteiger partial charge in [-0.15, -0.1) is 6.58 Å². The number of hydrogen-bond acceptors (Lipinski definition) is 4. The van der Waals surface area contributed by atoms with Crippen LogP contribution < -0.4 is 0 Å². The molecule has 0 N–H and O–H groups in total. The normalized spacial score (nSPS) is 10.4. The fourth-order valence-electron chi connectivity index (χ4n) is 2.00. The molecule has 3 nitrogen and oxygen atoms in total. The second kappa shape index (κ2) is 5.80. The molecule has 0 atom stereocenters.